The molecule has 2 aromatic rings. The molecule has 0 unspecified atom stereocenters. The molecule has 0 bridgehead atoms. The molecule has 0 atom stereocenters. The van der Waals surface area contributed by atoms with E-state index < -0.39 is 15.8 Å². The lowest BCUT2D eigenvalue weighted by Crippen LogP contribution is -2.14. The van der Waals surface area contributed by atoms with Crippen molar-refractivity contribution < 1.29 is 12.8 Å². The lowest BCUT2D eigenvalue weighted by Gasteiger charge is -2.04. The highest BCUT2D eigenvalue weighted by Crippen LogP contribution is 2.15. The Kier molecular flexibility index (Phi) is 3.53. The number of thioether (sulfide) groups is 1. The molecule has 0 aliphatic carbocycles. The van der Waals surface area contributed by atoms with Crippen molar-refractivity contribution in [2.45, 2.75) is 10.1 Å². The number of aromatic nitrogens is 3. The van der Waals surface area contributed by atoms with Gasteiger partial charge in [-0.3, -0.25) is 0 Å². The number of H-pyrrole nitrogens is 1. The van der Waals surface area contributed by atoms with E-state index in [4.69, 9.17) is 0 Å². The SMILES string of the molecule is CSc1n[nH]c(NS(=O)(=O)c2cccc(F)c2)n1. The van der Waals surface area contributed by atoms with E-state index in [2.05, 4.69) is 19.9 Å². The number of rotatable bonds is 4. The molecule has 0 fully saturated rings. The summed E-state index contributed by atoms with van der Waals surface area (Å²) in [4.78, 5) is 3.70. The van der Waals surface area contributed by atoms with Crippen LogP contribution in [0.1, 0.15) is 0 Å². The maximum absolute atomic E-state index is 13.0. The molecule has 0 aliphatic rings. The fourth-order valence-corrected chi connectivity index (χ4v) is 2.51. The van der Waals surface area contributed by atoms with Crippen LogP contribution >= 0.6 is 11.8 Å². The summed E-state index contributed by atoms with van der Waals surface area (Å²) in [5, 5.41) is 6.60. The van der Waals surface area contributed by atoms with Gasteiger partial charge < -0.3 is 0 Å². The van der Waals surface area contributed by atoms with Crippen LogP contribution in [0.4, 0.5) is 10.3 Å². The smallest absolute Gasteiger partial charge is 0.248 e. The van der Waals surface area contributed by atoms with Gasteiger partial charge in [0.05, 0.1) is 4.90 Å². The number of benzene rings is 1. The van der Waals surface area contributed by atoms with Crippen LogP contribution < -0.4 is 4.72 Å². The molecule has 0 aliphatic heterocycles. The first-order valence-corrected chi connectivity index (χ1v) is 7.47. The van der Waals surface area contributed by atoms with Crippen molar-refractivity contribution >= 4 is 27.7 Å². The zero-order valence-electron chi connectivity index (χ0n) is 9.21. The summed E-state index contributed by atoms with van der Waals surface area (Å²) in [7, 11) is -3.86. The third kappa shape index (κ3) is 2.79. The van der Waals surface area contributed by atoms with Gasteiger partial charge in [0.1, 0.15) is 5.82 Å². The number of sulfonamides is 1. The van der Waals surface area contributed by atoms with E-state index in [0.717, 1.165) is 6.07 Å². The standard InChI is InChI=1S/C9H9FN4O2S2/c1-17-9-11-8(12-13-9)14-18(15,16)7-4-2-3-6(10)5-7/h2-5H,1H3,(H2,11,12,13,14). The van der Waals surface area contributed by atoms with E-state index in [1.807, 2.05) is 0 Å². The molecule has 2 N–H and O–H groups in total. The topological polar surface area (TPSA) is 87.7 Å². The molecule has 0 spiro atoms. The Labute approximate surface area is 107 Å². The monoisotopic (exact) mass is 288 g/mol. The number of anilines is 1. The highest BCUT2D eigenvalue weighted by molar-refractivity contribution is 7.98. The van der Waals surface area contributed by atoms with Gasteiger partial charge >= 0.3 is 0 Å². The molecule has 6 nitrogen and oxygen atoms in total. The molecule has 9 heteroatoms. The second-order valence-electron chi connectivity index (χ2n) is 3.23. The molecule has 18 heavy (non-hydrogen) atoms. The van der Waals surface area contributed by atoms with Gasteiger partial charge in [0, 0.05) is 0 Å². The molecule has 1 aromatic carbocycles. The zero-order valence-corrected chi connectivity index (χ0v) is 10.8. The Morgan fingerprint density at radius 2 is 2.22 bits per heavy atom. The van der Waals surface area contributed by atoms with Crippen molar-refractivity contribution in [3.8, 4) is 0 Å². The van der Waals surface area contributed by atoms with E-state index in [0.29, 0.717) is 5.16 Å². The van der Waals surface area contributed by atoms with Crippen LogP contribution in [0.25, 0.3) is 0 Å². The molecule has 0 amide bonds. The maximum Gasteiger partial charge on any atom is 0.264 e. The van der Waals surface area contributed by atoms with Crippen LogP contribution in [0, 0.1) is 5.82 Å². The van der Waals surface area contributed by atoms with Crippen LogP contribution in [0.15, 0.2) is 34.3 Å². The fourth-order valence-electron chi connectivity index (χ4n) is 1.20. The Morgan fingerprint density at radius 1 is 1.44 bits per heavy atom. The summed E-state index contributed by atoms with van der Waals surface area (Å²) in [6.45, 7) is 0. The van der Waals surface area contributed by atoms with Crippen molar-refractivity contribution in [3.63, 3.8) is 0 Å². The van der Waals surface area contributed by atoms with Gasteiger partial charge in [-0.15, -0.1) is 5.10 Å². The van der Waals surface area contributed by atoms with Gasteiger partial charge in [0.2, 0.25) is 11.1 Å². The van der Waals surface area contributed by atoms with Gasteiger partial charge in [-0.1, -0.05) is 17.8 Å². The van der Waals surface area contributed by atoms with Crippen molar-refractivity contribution in [2.75, 3.05) is 11.0 Å². The molecule has 1 heterocycles. The highest BCUT2D eigenvalue weighted by Gasteiger charge is 2.16. The van der Waals surface area contributed by atoms with E-state index in [9.17, 15) is 12.8 Å². The Bertz CT molecular complexity index is 656. The van der Waals surface area contributed by atoms with Gasteiger partial charge in [-0.25, -0.2) is 22.6 Å². The lowest BCUT2D eigenvalue weighted by molar-refractivity contribution is 0.595. The number of nitrogens with zero attached hydrogens (tertiary/aromatic N) is 2. The molecular weight excluding hydrogens is 279 g/mol. The minimum atomic E-state index is -3.86. The molecule has 0 saturated heterocycles. The second kappa shape index (κ2) is 4.94. The molecular formula is C9H9FN4O2S2. The number of nitrogens with one attached hydrogen (secondary N) is 2. The maximum atomic E-state index is 13.0. The second-order valence-corrected chi connectivity index (χ2v) is 5.69. The number of aromatic amines is 1. The molecule has 1 aromatic heterocycles. The van der Waals surface area contributed by atoms with Gasteiger partial charge in [0.15, 0.2) is 0 Å². The predicted octanol–water partition coefficient (Wildman–Crippen LogP) is 1.47. The lowest BCUT2D eigenvalue weighted by atomic mass is 10.4. The first-order valence-electron chi connectivity index (χ1n) is 4.76. The summed E-state index contributed by atoms with van der Waals surface area (Å²) in [5.41, 5.74) is 0. The molecule has 0 radical (unpaired) electrons. The van der Waals surface area contributed by atoms with Crippen LogP contribution in [0.5, 0.6) is 0 Å². The highest BCUT2D eigenvalue weighted by atomic mass is 32.2. The van der Waals surface area contributed by atoms with Crippen molar-refractivity contribution in [3.05, 3.63) is 30.1 Å². The number of halogens is 1. The Hall–Kier alpha value is -1.61. The fraction of sp³-hybridized carbons (Fsp3) is 0.111. The molecule has 96 valence electrons. The first kappa shape index (κ1) is 12.8. The summed E-state index contributed by atoms with van der Waals surface area (Å²) in [6.07, 6.45) is 1.76. The van der Waals surface area contributed by atoms with Gasteiger partial charge in [-0.2, -0.15) is 4.98 Å². The minimum absolute atomic E-state index is 0.0105. The average Bonchev–Trinajstić information content (AvgIpc) is 2.76. The molecule has 0 saturated carbocycles. The van der Waals surface area contributed by atoms with E-state index in [1.54, 1.807) is 6.26 Å². The number of hydrogen-bond donors (Lipinski definition) is 2. The normalized spacial score (nSPS) is 11.4. The zero-order chi connectivity index (χ0) is 13.2. The van der Waals surface area contributed by atoms with Gasteiger partial charge in [-0.05, 0) is 24.5 Å². The van der Waals surface area contributed by atoms with Crippen LogP contribution in [-0.2, 0) is 10.0 Å². The Morgan fingerprint density at radius 3 is 2.83 bits per heavy atom. The van der Waals surface area contributed by atoms with E-state index >= 15 is 0 Å². The van der Waals surface area contributed by atoms with E-state index in [-0.39, 0.29) is 10.8 Å². The summed E-state index contributed by atoms with van der Waals surface area (Å²) in [6, 6.07) is 4.70. The quantitative estimate of drug-likeness (QED) is 0.832. The predicted molar refractivity (Wildman–Crippen MR) is 65.4 cm³/mol. The largest absolute Gasteiger partial charge is 0.264 e. The molecule has 2 rings (SSSR count). The number of hydrogen-bond acceptors (Lipinski definition) is 5. The van der Waals surface area contributed by atoms with Crippen LogP contribution in [0.2, 0.25) is 0 Å². The first-order chi connectivity index (χ1) is 8.51. The summed E-state index contributed by atoms with van der Waals surface area (Å²) >= 11 is 1.27. The minimum Gasteiger partial charge on any atom is -0.248 e. The third-order valence-corrected chi connectivity index (χ3v) is 3.87. The average molecular weight is 288 g/mol. The summed E-state index contributed by atoms with van der Waals surface area (Å²) in [5.74, 6) is -0.635. The van der Waals surface area contributed by atoms with E-state index in [1.165, 1.54) is 30.0 Å². The van der Waals surface area contributed by atoms with Crippen LogP contribution in [-0.4, -0.2) is 29.9 Å². The van der Waals surface area contributed by atoms with Crippen LogP contribution in [0.3, 0.4) is 0 Å². The van der Waals surface area contributed by atoms with Crippen molar-refractivity contribution in [2.24, 2.45) is 0 Å². The van der Waals surface area contributed by atoms with Gasteiger partial charge in [0.25, 0.3) is 10.0 Å². The summed E-state index contributed by atoms with van der Waals surface area (Å²) < 4.78 is 38.9. The van der Waals surface area contributed by atoms with Crippen molar-refractivity contribution in [1.29, 1.82) is 0 Å². The Balaban J connectivity index is 2.27. The third-order valence-electron chi connectivity index (χ3n) is 1.98. The van der Waals surface area contributed by atoms with Crippen molar-refractivity contribution in [1.82, 2.24) is 15.2 Å².